The topological polar surface area (TPSA) is 47.0 Å². The van der Waals surface area contributed by atoms with Crippen molar-refractivity contribution < 1.29 is 4.74 Å². The van der Waals surface area contributed by atoms with E-state index in [1.54, 1.807) is 12.4 Å². The third-order valence-electron chi connectivity index (χ3n) is 3.62. The van der Waals surface area contributed by atoms with E-state index in [1.807, 2.05) is 12.1 Å². The van der Waals surface area contributed by atoms with Gasteiger partial charge in [-0.1, -0.05) is 12.8 Å². The van der Waals surface area contributed by atoms with Crippen molar-refractivity contribution in [3.63, 3.8) is 0 Å². The lowest BCUT2D eigenvalue weighted by Gasteiger charge is -2.12. The van der Waals surface area contributed by atoms with Crippen molar-refractivity contribution in [2.75, 3.05) is 18.5 Å². The van der Waals surface area contributed by atoms with E-state index >= 15 is 0 Å². The van der Waals surface area contributed by atoms with Crippen LogP contribution in [0.25, 0.3) is 11.0 Å². The second kappa shape index (κ2) is 6.50. The molecule has 2 aromatic heterocycles. The van der Waals surface area contributed by atoms with Gasteiger partial charge in [-0.05, 0) is 40.9 Å². The van der Waals surface area contributed by atoms with Gasteiger partial charge in [0, 0.05) is 23.4 Å². The van der Waals surface area contributed by atoms with Crippen molar-refractivity contribution in [1.29, 1.82) is 0 Å². The first kappa shape index (κ1) is 13.8. The second-order valence-electron chi connectivity index (χ2n) is 5.08. The standard InChI is InChI=1S/C15H18BrN3O/c16-11-9-14-15(19-10-11)13(5-6-17-14)18-7-8-20-12-3-1-2-4-12/h5-6,9-10,12H,1-4,7-8H2,(H,17,18). The van der Waals surface area contributed by atoms with E-state index in [-0.39, 0.29) is 0 Å². The van der Waals surface area contributed by atoms with Crippen LogP contribution in [-0.4, -0.2) is 29.2 Å². The van der Waals surface area contributed by atoms with Crippen LogP contribution in [0.4, 0.5) is 5.69 Å². The predicted molar refractivity (Wildman–Crippen MR) is 83.9 cm³/mol. The Labute approximate surface area is 127 Å². The molecule has 0 spiro atoms. The van der Waals surface area contributed by atoms with Crippen LogP contribution in [0.1, 0.15) is 25.7 Å². The minimum Gasteiger partial charge on any atom is -0.381 e. The molecule has 0 amide bonds. The number of ether oxygens (including phenoxy) is 1. The molecule has 0 atom stereocenters. The summed E-state index contributed by atoms with van der Waals surface area (Å²) in [6, 6.07) is 3.93. The molecule has 2 heterocycles. The van der Waals surface area contributed by atoms with Crippen LogP contribution in [0.5, 0.6) is 0 Å². The average Bonchev–Trinajstić information content (AvgIpc) is 2.96. The van der Waals surface area contributed by atoms with Gasteiger partial charge in [0.15, 0.2) is 0 Å². The molecule has 0 aliphatic heterocycles. The van der Waals surface area contributed by atoms with Gasteiger partial charge < -0.3 is 10.1 Å². The number of nitrogens with zero attached hydrogens (tertiary/aromatic N) is 2. The van der Waals surface area contributed by atoms with Crippen LogP contribution in [0.2, 0.25) is 0 Å². The third kappa shape index (κ3) is 3.27. The van der Waals surface area contributed by atoms with Crippen LogP contribution in [-0.2, 0) is 4.74 Å². The van der Waals surface area contributed by atoms with Crippen LogP contribution in [0.3, 0.4) is 0 Å². The number of rotatable bonds is 5. The number of anilines is 1. The summed E-state index contributed by atoms with van der Waals surface area (Å²) < 4.78 is 6.79. The van der Waals surface area contributed by atoms with Crippen LogP contribution < -0.4 is 5.32 Å². The maximum Gasteiger partial charge on any atom is 0.112 e. The lowest BCUT2D eigenvalue weighted by molar-refractivity contribution is 0.0659. The van der Waals surface area contributed by atoms with E-state index in [0.717, 1.165) is 34.3 Å². The summed E-state index contributed by atoms with van der Waals surface area (Å²) >= 11 is 3.42. The van der Waals surface area contributed by atoms with E-state index in [1.165, 1.54) is 25.7 Å². The Morgan fingerprint density at radius 2 is 2.15 bits per heavy atom. The monoisotopic (exact) mass is 335 g/mol. The minimum absolute atomic E-state index is 0.472. The fourth-order valence-electron chi connectivity index (χ4n) is 2.61. The maximum atomic E-state index is 5.85. The molecule has 1 fully saturated rings. The quantitative estimate of drug-likeness (QED) is 0.845. The van der Waals surface area contributed by atoms with Crippen LogP contribution in [0, 0.1) is 0 Å². The molecule has 0 aromatic carbocycles. The SMILES string of the molecule is Brc1cnc2c(NCCOC3CCCC3)ccnc2c1. The summed E-state index contributed by atoms with van der Waals surface area (Å²) in [7, 11) is 0. The number of aromatic nitrogens is 2. The highest BCUT2D eigenvalue weighted by atomic mass is 79.9. The van der Waals surface area contributed by atoms with E-state index in [0.29, 0.717) is 6.10 Å². The van der Waals surface area contributed by atoms with E-state index in [9.17, 15) is 0 Å². The molecule has 1 aliphatic carbocycles. The van der Waals surface area contributed by atoms with Crippen molar-refractivity contribution in [2.45, 2.75) is 31.8 Å². The Morgan fingerprint density at radius 3 is 3.00 bits per heavy atom. The van der Waals surface area contributed by atoms with Gasteiger partial charge in [-0.15, -0.1) is 0 Å². The Kier molecular flexibility index (Phi) is 4.47. The van der Waals surface area contributed by atoms with Gasteiger partial charge in [0.05, 0.1) is 23.9 Å². The molecule has 4 nitrogen and oxygen atoms in total. The molecule has 5 heteroatoms. The predicted octanol–water partition coefficient (Wildman–Crippen LogP) is 3.76. The van der Waals surface area contributed by atoms with Crippen LogP contribution in [0.15, 0.2) is 29.0 Å². The smallest absolute Gasteiger partial charge is 0.112 e. The second-order valence-corrected chi connectivity index (χ2v) is 6.00. The highest BCUT2D eigenvalue weighted by Gasteiger charge is 2.14. The molecule has 1 saturated carbocycles. The van der Waals surface area contributed by atoms with Crippen molar-refractivity contribution in [3.05, 3.63) is 29.0 Å². The van der Waals surface area contributed by atoms with Gasteiger partial charge in [-0.2, -0.15) is 0 Å². The number of pyridine rings is 2. The van der Waals surface area contributed by atoms with Gasteiger partial charge in [0.2, 0.25) is 0 Å². The zero-order valence-corrected chi connectivity index (χ0v) is 12.9. The van der Waals surface area contributed by atoms with Crippen molar-refractivity contribution in [1.82, 2.24) is 9.97 Å². The lowest BCUT2D eigenvalue weighted by atomic mass is 10.3. The minimum atomic E-state index is 0.472. The molecule has 20 heavy (non-hydrogen) atoms. The number of hydrogen-bond acceptors (Lipinski definition) is 4. The molecule has 1 aliphatic rings. The number of halogens is 1. The summed E-state index contributed by atoms with van der Waals surface area (Å²) in [6.45, 7) is 1.54. The van der Waals surface area contributed by atoms with Gasteiger partial charge in [0.25, 0.3) is 0 Å². The van der Waals surface area contributed by atoms with Crippen molar-refractivity contribution in [2.24, 2.45) is 0 Å². The highest BCUT2D eigenvalue weighted by Crippen LogP contribution is 2.22. The summed E-state index contributed by atoms with van der Waals surface area (Å²) in [5.41, 5.74) is 2.80. The highest BCUT2D eigenvalue weighted by molar-refractivity contribution is 9.10. The molecule has 0 saturated heterocycles. The van der Waals surface area contributed by atoms with Gasteiger partial charge in [-0.3, -0.25) is 9.97 Å². The average molecular weight is 336 g/mol. The van der Waals surface area contributed by atoms with E-state index in [2.05, 4.69) is 31.2 Å². The summed E-state index contributed by atoms with van der Waals surface area (Å²) in [5, 5.41) is 3.39. The fraction of sp³-hybridized carbons (Fsp3) is 0.467. The Hall–Kier alpha value is -1.20. The molecule has 2 aromatic rings. The Morgan fingerprint density at radius 1 is 1.30 bits per heavy atom. The summed E-state index contributed by atoms with van der Waals surface area (Å²) in [6.07, 6.45) is 9.13. The number of hydrogen-bond donors (Lipinski definition) is 1. The van der Waals surface area contributed by atoms with Gasteiger partial charge in [-0.25, -0.2) is 0 Å². The summed E-state index contributed by atoms with van der Waals surface area (Å²) in [4.78, 5) is 8.75. The molecule has 0 radical (unpaired) electrons. The Bertz CT molecular complexity index is 584. The molecular weight excluding hydrogens is 318 g/mol. The molecule has 1 N–H and O–H groups in total. The molecule has 0 unspecified atom stereocenters. The van der Waals surface area contributed by atoms with E-state index < -0.39 is 0 Å². The lowest BCUT2D eigenvalue weighted by Crippen LogP contribution is -2.15. The Balaban J connectivity index is 1.59. The first-order chi connectivity index (χ1) is 9.83. The molecular formula is C15H18BrN3O. The normalized spacial score (nSPS) is 15.8. The fourth-order valence-corrected chi connectivity index (χ4v) is 2.93. The summed E-state index contributed by atoms with van der Waals surface area (Å²) in [5.74, 6) is 0. The number of fused-ring (bicyclic) bond motifs is 1. The first-order valence-electron chi connectivity index (χ1n) is 7.09. The molecule has 106 valence electrons. The molecule has 3 rings (SSSR count). The number of nitrogens with one attached hydrogen (secondary N) is 1. The van der Waals surface area contributed by atoms with Crippen LogP contribution >= 0.6 is 15.9 Å². The zero-order chi connectivity index (χ0) is 13.8. The van der Waals surface area contributed by atoms with Gasteiger partial charge >= 0.3 is 0 Å². The largest absolute Gasteiger partial charge is 0.381 e. The maximum absolute atomic E-state index is 5.85. The zero-order valence-electron chi connectivity index (χ0n) is 11.3. The van der Waals surface area contributed by atoms with Crippen molar-refractivity contribution >= 4 is 32.7 Å². The van der Waals surface area contributed by atoms with Crippen molar-refractivity contribution in [3.8, 4) is 0 Å². The van der Waals surface area contributed by atoms with E-state index in [4.69, 9.17) is 4.74 Å². The third-order valence-corrected chi connectivity index (χ3v) is 4.05. The first-order valence-corrected chi connectivity index (χ1v) is 7.88. The molecule has 0 bridgehead atoms. The van der Waals surface area contributed by atoms with Gasteiger partial charge in [0.1, 0.15) is 5.52 Å².